The van der Waals surface area contributed by atoms with Gasteiger partial charge in [-0.1, -0.05) is 6.92 Å². The minimum absolute atomic E-state index is 0.0575. The Morgan fingerprint density at radius 2 is 2.11 bits per heavy atom. The average Bonchev–Trinajstić information content (AvgIpc) is 2.69. The lowest BCUT2D eigenvalue weighted by Crippen LogP contribution is -2.06. The molecule has 0 atom stereocenters. The number of imidazole rings is 1. The van der Waals surface area contributed by atoms with E-state index >= 15 is 0 Å². The van der Waals surface area contributed by atoms with Crippen molar-refractivity contribution in [1.82, 2.24) is 9.55 Å². The van der Waals surface area contributed by atoms with Crippen LogP contribution in [0.5, 0.6) is 0 Å². The molecule has 0 amide bonds. The van der Waals surface area contributed by atoms with Gasteiger partial charge in [-0.25, -0.2) is 4.98 Å². The number of rotatable bonds is 5. The van der Waals surface area contributed by atoms with Gasteiger partial charge in [0.05, 0.1) is 17.5 Å². The van der Waals surface area contributed by atoms with E-state index in [2.05, 4.69) is 4.98 Å². The number of aliphatic carboxylic acids is 1. The average molecular weight is 260 g/mol. The summed E-state index contributed by atoms with van der Waals surface area (Å²) in [6.07, 6.45) is 0.520. The highest BCUT2D eigenvalue weighted by atomic mass is 16.4. The molecule has 5 nitrogen and oxygen atoms in total. The number of benzene rings is 1. The number of carbonyl (C=O) groups is 2. The molecule has 0 fully saturated rings. The third kappa shape index (κ3) is 2.65. The quantitative estimate of drug-likeness (QED) is 0.838. The summed E-state index contributed by atoms with van der Waals surface area (Å²) in [5.74, 6) is 0.0102. The van der Waals surface area contributed by atoms with Crippen molar-refractivity contribution >= 4 is 22.8 Å². The number of carbonyl (C=O) groups excluding carboxylic acids is 1. The van der Waals surface area contributed by atoms with Gasteiger partial charge in [-0.05, 0) is 25.1 Å². The number of carboxylic acid groups (broad SMARTS) is 1. The van der Waals surface area contributed by atoms with Gasteiger partial charge in [-0.15, -0.1) is 0 Å². The van der Waals surface area contributed by atoms with Crippen molar-refractivity contribution in [3.8, 4) is 0 Å². The van der Waals surface area contributed by atoms with Crippen LogP contribution in [-0.4, -0.2) is 26.4 Å². The van der Waals surface area contributed by atoms with E-state index in [-0.39, 0.29) is 12.2 Å². The second kappa shape index (κ2) is 5.22. The van der Waals surface area contributed by atoms with Crippen molar-refractivity contribution < 1.29 is 14.7 Å². The SMILES string of the molecule is CCC(=O)c1ccc2c(c1)nc(C)n2CCC(=O)O. The molecule has 5 heteroatoms. The molecule has 1 aromatic heterocycles. The van der Waals surface area contributed by atoms with Crippen LogP contribution in [0.2, 0.25) is 0 Å². The number of fused-ring (bicyclic) bond motifs is 1. The Kier molecular flexibility index (Phi) is 3.64. The van der Waals surface area contributed by atoms with Crippen LogP contribution in [0.1, 0.15) is 35.9 Å². The lowest BCUT2D eigenvalue weighted by molar-refractivity contribution is -0.137. The van der Waals surface area contributed by atoms with Crippen molar-refractivity contribution in [2.45, 2.75) is 33.2 Å². The number of carboxylic acids is 1. The van der Waals surface area contributed by atoms with Crippen LogP contribution in [-0.2, 0) is 11.3 Å². The smallest absolute Gasteiger partial charge is 0.305 e. The first-order valence-electron chi connectivity index (χ1n) is 6.24. The molecule has 19 heavy (non-hydrogen) atoms. The number of ketones is 1. The van der Waals surface area contributed by atoms with Crippen LogP contribution in [0, 0.1) is 6.92 Å². The number of aromatic nitrogens is 2. The molecule has 0 spiro atoms. The van der Waals surface area contributed by atoms with Crippen LogP contribution in [0.3, 0.4) is 0 Å². The molecule has 0 unspecified atom stereocenters. The molecule has 0 aliphatic rings. The number of nitrogens with zero attached hydrogens (tertiary/aromatic N) is 2. The van der Waals surface area contributed by atoms with Gasteiger partial charge in [-0.2, -0.15) is 0 Å². The summed E-state index contributed by atoms with van der Waals surface area (Å²) >= 11 is 0. The fraction of sp³-hybridized carbons (Fsp3) is 0.357. The van der Waals surface area contributed by atoms with E-state index in [1.54, 1.807) is 12.1 Å². The number of Topliss-reactive ketones (excluding diaryl/α,β-unsaturated/α-hetero) is 1. The van der Waals surface area contributed by atoms with Gasteiger partial charge in [0.1, 0.15) is 5.82 Å². The molecular formula is C14H16N2O3. The van der Waals surface area contributed by atoms with Gasteiger partial charge in [0, 0.05) is 18.5 Å². The van der Waals surface area contributed by atoms with E-state index in [9.17, 15) is 9.59 Å². The summed E-state index contributed by atoms with van der Waals surface area (Å²) in [4.78, 5) is 26.7. The van der Waals surface area contributed by atoms with Gasteiger partial charge in [-0.3, -0.25) is 9.59 Å². The summed E-state index contributed by atoms with van der Waals surface area (Å²) in [7, 11) is 0. The maximum atomic E-state index is 11.7. The van der Waals surface area contributed by atoms with Crippen LogP contribution >= 0.6 is 0 Å². The first kappa shape index (κ1) is 13.3. The van der Waals surface area contributed by atoms with Gasteiger partial charge in [0.15, 0.2) is 5.78 Å². The lowest BCUT2D eigenvalue weighted by atomic mass is 10.1. The van der Waals surface area contributed by atoms with Crippen LogP contribution in [0.15, 0.2) is 18.2 Å². The molecule has 1 N–H and O–H groups in total. The highest BCUT2D eigenvalue weighted by Crippen LogP contribution is 2.19. The van der Waals surface area contributed by atoms with E-state index in [0.29, 0.717) is 18.5 Å². The minimum Gasteiger partial charge on any atom is -0.481 e. The molecule has 0 saturated carbocycles. The molecule has 0 radical (unpaired) electrons. The third-order valence-electron chi connectivity index (χ3n) is 3.13. The zero-order chi connectivity index (χ0) is 14.0. The molecule has 1 heterocycles. The van der Waals surface area contributed by atoms with Crippen LogP contribution in [0.4, 0.5) is 0 Å². The standard InChI is InChI=1S/C14H16N2O3/c1-3-13(17)10-4-5-12-11(8-10)15-9(2)16(12)7-6-14(18)19/h4-5,8H,3,6-7H2,1-2H3,(H,18,19). The summed E-state index contributed by atoms with van der Waals surface area (Å²) in [6, 6.07) is 5.37. The molecule has 0 saturated heterocycles. The Morgan fingerprint density at radius 3 is 2.74 bits per heavy atom. The highest BCUT2D eigenvalue weighted by Gasteiger charge is 2.11. The normalized spacial score (nSPS) is 10.8. The monoisotopic (exact) mass is 260 g/mol. The molecule has 1 aromatic carbocycles. The van der Waals surface area contributed by atoms with Gasteiger partial charge in [0.2, 0.25) is 0 Å². The molecule has 2 rings (SSSR count). The maximum Gasteiger partial charge on any atom is 0.305 e. The molecule has 0 aliphatic carbocycles. The van der Waals surface area contributed by atoms with Gasteiger partial charge < -0.3 is 9.67 Å². The van der Waals surface area contributed by atoms with E-state index in [4.69, 9.17) is 5.11 Å². The Morgan fingerprint density at radius 1 is 1.37 bits per heavy atom. The fourth-order valence-electron chi connectivity index (χ4n) is 2.12. The number of hydrogen-bond donors (Lipinski definition) is 1. The Labute approximate surface area is 110 Å². The Bertz CT molecular complexity index is 643. The van der Waals surface area contributed by atoms with E-state index < -0.39 is 5.97 Å². The largest absolute Gasteiger partial charge is 0.481 e. The highest BCUT2D eigenvalue weighted by molar-refractivity contribution is 5.98. The van der Waals surface area contributed by atoms with Gasteiger partial charge in [0.25, 0.3) is 0 Å². The zero-order valence-corrected chi connectivity index (χ0v) is 11.0. The van der Waals surface area contributed by atoms with Crippen molar-refractivity contribution in [3.63, 3.8) is 0 Å². The van der Waals surface area contributed by atoms with Crippen molar-refractivity contribution in [1.29, 1.82) is 0 Å². The fourth-order valence-corrected chi connectivity index (χ4v) is 2.12. The second-order valence-corrected chi connectivity index (χ2v) is 4.43. The van der Waals surface area contributed by atoms with Crippen LogP contribution in [0.25, 0.3) is 11.0 Å². The predicted molar refractivity (Wildman–Crippen MR) is 71.3 cm³/mol. The molecule has 2 aromatic rings. The topological polar surface area (TPSA) is 72.2 Å². The Balaban J connectivity index is 2.42. The minimum atomic E-state index is -0.834. The lowest BCUT2D eigenvalue weighted by Gasteiger charge is -2.04. The summed E-state index contributed by atoms with van der Waals surface area (Å²) < 4.78 is 1.86. The van der Waals surface area contributed by atoms with Crippen molar-refractivity contribution in [3.05, 3.63) is 29.6 Å². The summed E-state index contributed by atoms with van der Waals surface area (Å²) in [5.41, 5.74) is 2.26. The van der Waals surface area contributed by atoms with Crippen LogP contribution < -0.4 is 0 Å². The van der Waals surface area contributed by atoms with E-state index in [1.165, 1.54) is 0 Å². The van der Waals surface area contributed by atoms with Crippen molar-refractivity contribution in [2.75, 3.05) is 0 Å². The predicted octanol–water partition coefficient (Wildman–Crippen LogP) is 2.41. The van der Waals surface area contributed by atoms with E-state index in [1.807, 2.05) is 24.5 Å². The molecule has 0 bridgehead atoms. The second-order valence-electron chi connectivity index (χ2n) is 4.43. The molecular weight excluding hydrogens is 244 g/mol. The summed E-state index contributed by atoms with van der Waals surface area (Å²) in [6.45, 7) is 4.05. The number of hydrogen-bond acceptors (Lipinski definition) is 3. The summed E-state index contributed by atoms with van der Waals surface area (Å²) in [5, 5.41) is 8.75. The zero-order valence-electron chi connectivity index (χ0n) is 11.0. The van der Waals surface area contributed by atoms with Crippen molar-refractivity contribution in [2.24, 2.45) is 0 Å². The van der Waals surface area contributed by atoms with E-state index in [0.717, 1.165) is 16.9 Å². The maximum absolute atomic E-state index is 11.7. The third-order valence-corrected chi connectivity index (χ3v) is 3.13. The Hall–Kier alpha value is -2.17. The molecule has 0 aliphatic heterocycles. The first-order chi connectivity index (χ1) is 9.02. The molecule has 100 valence electrons. The number of aryl methyl sites for hydroxylation is 2. The first-order valence-corrected chi connectivity index (χ1v) is 6.24. The van der Waals surface area contributed by atoms with Gasteiger partial charge >= 0.3 is 5.97 Å².